The van der Waals surface area contributed by atoms with Crippen molar-refractivity contribution in [2.75, 3.05) is 0 Å². The normalized spacial score (nSPS) is 14.4. The van der Waals surface area contributed by atoms with Gasteiger partial charge in [0.1, 0.15) is 5.75 Å². The molecule has 5 nitrogen and oxygen atoms in total. The smallest absolute Gasteiger partial charge is 0.363 e. The van der Waals surface area contributed by atoms with E-state index in [-0.39, 0.29) is 11.6 Å². The van der Waals surface area contributed by atoms with E-state index < -0.39 is 11.9 Å². The van der Waals surface area contributed by atoms with E-state index in [9.17, 15) is 9.59 Å². The largest absolute Gasteiger partial charge is 0.422 e. The third kappa shape index (κ3) is 4.25. The van der Waals surface area contributed by atoms with Gasteiger partial charge < -0.3 is 9.47 Å². The van der Waals surface area contributed by atoms with Gasteiger partial charge in [-0.1, -0.05) is 48.0 Å². The number of rotatable bonds is 4. The van der Waals surface area contributed by atoms with Crippen molar-refractivity contribution in [3.05, 3.63) is 106 Å². The zero-order valence-corrected chi connectivity index (χ0v) is 15.8. The predicted octanol–water partition coefficient (Wildman–Crippen LogP) is 4.90. The molecule has 0 aliphatic carbocycles. The Morgan fingerprint density at radius 3 is 2.38 bits per heavy atom. The summed E-state index contributed by atoms with van der Waals surface area (Å²) in [4.78, 5) is 28.9. The highest BCUT2D eigenvalue weighted by atomic mass is 35.5. The molecule has 4 rings (SSSR count). The number of carbonyl (C=O) groups is 2. The average molecular weight is 404 g/mol. The lowest BCUT2D eigenvalue weighted by molar-refractivity contribution is -0.129. The van der Waals surface area contributed by atoms with Gasteiger partial charge >= 0.3 is 11.9 Å². The Bertz CT molecular complexity index is 1140. The zero-order chi connectivity index (χ0) is 20.2. The molecule has 0 bridgehead atoms. The fourth-order valence-corrected chi connectivity index (χ4v) is 2.82. The highest BCUT2D eigenvalue weighted by molar-refractivity contribution is 6.30. The Labute approximate surface area is 171 Å². The highest BCUT2D eigenvalue weighted by Gasteiger charge is 2.24. The minimum atomic E-state index is -0.567. The Kier molecular flexibility index (Phi) is 5.22. The van der Waals surface area contributed by atoms with E-state index in [1.54, 1.807) is 60.7 Å². The van der Waals surface area contributed by atoms with E-state index in [0.29, 0.717) is 27.5 Å². The fourth-order valence-electron chi connectivity index (χ4n) is 2.70. The minimum absolute atomic E-state index is 0.124. The average Bonchev–Trinajstić information content (AvgIpc) is 3.11. The maximum Gasteiger partial charge on any atom is 0.363 e. The zero-order valence-electron chi connectivity index (χ0n) is 15.0. The molecule has 1 heterocycles. The topological polar surface area (TPSA) is 65.0 Å². The van der Waals surface area contributed by atoms with Gasteiger partial charge in [0.2, 0.25) is 5.90 Å². The van der Waals surface area contributed by atoms with Crippen LogP contribution in [0.5, 0.6) is 5.75 Å². The summed E-state index contributed by atoms with van der Waals surface area (Å²) >= 11 is 5.85. The standard InChI is InChI=1S/C23H14ClNO4/c24-18-12-10-16(11-13-18)22(26)28-20-9-5-4-8-17(20)14-19-23(27)29-21(25-19)15-6-2-1-3-7-15/h1-14H/b19-14+. The first kappa shape index (κ1) is 18.7. The van der Waals surface area contributed by atoms with Gasteiger partial charge in [-0.2, -0.15) is 0 Å². The number of halogens is 1. The summed E-state index contributed by atoms with van der Waals surface area (Å²) in [5.41, 5.74) is 1.71. The summed E-state index contributed by atoms with van der Waals surface area (Å²) in [5.74, 6) is -0.564. The first-order valence-corrected chi connectivity index (χ1v) is 9.13. The number of nitrogens with zero attached hydrogens (tertiary/aromatic N) is 1. The molecule has 3 aromatic carbocycles. The number of hydrogen-bond acceptors (Lipinski definition) is 5. The molecule has 3 aromatic rings. The van der Waals surface area contributed by atoms with Gasteiger partial charge in [0.15, 0.2) is 5.70 Å². The molecule has 0 saturated carbocycles. The quantitative estimate of drug-likeness (QED) is 0.353. The molecule has 6 heteroatoms. The van der Waals surface area contributed by atoms with Crippen LogP contribution in [0.25, 0.3) is 6.08 Å². The van der Waals surface area contributed by atoms with Gasteiger partial charge in [-0.3, -0.25) is 0 Å². The van der Waals surface area contributed by atoms with Gasteiger partial charge in [-0.15, -0.1) is 0 Å². The lowest BCUT2D eigenvalue weighted by atomic mass is 10.1. The molecule has 29 heavy (non-hydrogen) atoms. The summed E-state index contributed by atoms with van der Waals surface area (Å²) in [6.45, 7) is 0. The van der Waals surface area contributed by atoms with Crippen LogP contribution in [0.2, 0.25) is 5.02 Å². The van der Waals surface area contributed by atoms with E-state index in [4.69, 9.17) is 21.1 Å². The summed E-state index contributed by atoms with van der Waals surface area (Å²) in [6.07, 6.45) is 1.53. The summed E-state index contributed by atoms with van der Waals surface area (Å²) < 4.78 is 10.8. The number of cyclic esters (lactones) is 1. The van der Waals surface area contributed by atoms with Crippen LogP contribution in [0.3, 0.4) is 0 Å². The molecular weight excluding hydrogens is 390 g/mol. The van der Waals surface area contributed by atoms with Crippen LogP contribution >= 0.6 is 11.6 Å². The van der Waals surface area contributed by atoms with Crippen LogP contribution < -0.4 is 4.74 Å². The van der Waals surface area contributed by atoms with Crippen molar-refractivity contribution in [2.24, 2.45) is 4.99 Å². The number of benzene rings is 3. The number of hydrogen-bond donors (Lipinski definition) is 0. The molecule has 1 aliphatic heterocycles. The summed E-state index contributed by atoms with van der Waals surface area (Å²) in [7, 11) is 0. The second-order valence-corrected chi connectivity index (χ2v) is 6.57. The van der Waals surface area contributed by atoms with Crippen LogP contribution in [0.1, 0.15) is 21.5 Å². The molecular formula is C23H14ClNO4. The molecule has 0 spiro atoms. The lowest BCUT2D eigenvalue weighted by Crippen LogP contribution is -2.09. The highest BCUT2D eigenvalue weighted by Crippen LogP contribution is 2.25. The van der Waals surface area contributed by atoms with E-state index in [2.05, 4.69) is 4.99 Å². The number of esters is 2. The van der Waals surface area contributed by atoms with Gasteiger partial charge in [-0.25, -0.2) is 14.6 Å². The number of para-hydroxylation sites is 1. The summed E-state index contributed by atoms with van der Waals surface area (Å²) in [5, 5.41) is 0.526. The van der Waals surface area contributed by atoms with Crippen molar-refractivity contribution in [1.82, 2.24) is 0 Å². The van der Waals surface area contributed by atoms with E-state index in [1.165, 1.54) is 6.08 Å². The third-order valence-electron chi connectivity index (χ3n) is 4.14. The molecule has 0 saturated heterocycles. The van der Waals surface area contributed by atoms with Crippen molar-refractivity contribution in [2.45, 2.75) is 0 Å². The van der Waals surface area contributed by atoms with Gasteiger partial charge in [0.25, 0.3) is 0 Å². The van der Waals surface area contributed by atoms with Crippen LogP contribution in [-0.4, -0.2) is 17.8 Å². The molecule has 1 aliphatic rings. The van der Waals surface area contributed by atoms with Gasteiger partial charge in [-0.05, 0) is 48.5 Å². The number of carbonyl (C=O) groups excluding carboxylic acids is 2. The van der Waals surface area contributed by atoms with Crippen LogP contribution in [0.4, 0.5) is 0 Å². The molecule has 0 fully saturated rings. The SMILES string of the molecule is O=C1OC(c2ccccc2)=N/C1=C/c1ccccc1OC(=O)c1ccc(Cl)cc1. The predicted molar refractivity (Wildman–Crippen MR) is 110 cm³/mol. The minimum Gasteiger partial charge on any atom is -0.422 e. The fraction of sp³-hybridized carbons (Fsp3) is 0. The van der Waals surface area contributed by atoms with Crippen molar-refractivity contribution in [3.8, 4) is 5.75 Å². The monoisotopic (exact) mass is 403 g/mol. The molecule has 0 aromatic heterocycles. The van der Waals surface area contributed by atoms with Crippen LogP contribution in [0, 0.1) is 0 Å². The summed E-state index contributed by atoms with van der Waals surface area (Å²) in [6, 6.07) is 22.4. The van der Waals surface area contributed by atoms with Crippen molar-refractivity contribution in [3.63, 3.8) is 0 Å². The van der Waals surface area contributed by atoms with Gasteiger partial charge in [0.05, 0.1) is 5.56 Å². The number of aliphatic imine (C=N–C) groups is 1. The Morgan fingerprint density at radius 1 is 0.931 bits per heavy atom. The van der Waals surface area contributed by atoms with Crippen molar-refractivity contribution in [1.29, 1.82) is 0 Å². The Morgan fingerprint density at radius 2 is 1.62 bits per heavy atom. The first-order valence-electron chi connectivity index (χ1n) is 8.75. The maximum atomic E-state index is 12.4. The third-order valence-corrected chi connectivity index (χ3v) is 4.39. The van der Waals surface area contributed by atoms with Crippen molar-refractivity contribution < 1.29 is 19.1 Å². The molecule has 0 atom stereocenters. The second-order valence-electron chi connectivity index (χ2n) is 6.14. The van der Waals surface area contributed by atoms with Crippen molar-refractivity contribution >= 4 is 35.5 Å². The molecule has 0 radical (unpaired) electrons. The molecule has 0 amide bonds. The van der Waals surface area contributed by atoms with Crippen LogP contribution in [-0.2, 0) is 9.53 Å². The second kappa shape index (κ2) is 8.12. The number of ether oxygens (including phenoxy) is 2. The maximum absolute atomic E-state index is 12.4. The molecule has 0 N–H and O–H groups in total. The first-order chi connectivity index (χ1) is 14.1. The molecule has 142 valence electrons. The lowest BCUT2D eigenvalue weighted by Gasteiger charge is -2.07. The molecule has 0 unspecified atom stereocenters. The van der Waals surface area contributed by atoms with E-state index >= 15 is 0 Å². The van der Waals surface area contributed by atoms with Gasteiger partial charge in [0, 0.05) is 16.1 Å². The Balaban J connectivity index is 1.61. The van der Waals surface area contributed by atoms with E-state index in [0.717, 1.165) is 0 Å². The van der Waals surface area contributed by atoms with Crippen LogP contribution in [0.15, 0.2) is 89.6 Å². The van der Waals surface area contributed by atoms with E-state index in [1.807, 2.05) is 18.2 Å². The Hall–Kier alpha value is -3.70.